The third-order valence-corrected chi connectivity index (χ3v) is 8.80. The molecule has 0 spiro atoms. The number of sulfonamides is 1. The number of carbonyl (C=O) groups is 1. The van der Waals surface area contributed by atoms with Gasteiger partial charge in [0.25, 0.3) is 5.91 Å². The van der Waals surface area contributed by atoms with Crippen molar-refractivity contribution in [1.82, 2.24) is 4.31 Å². The minimum Gasteiger partial charge on any atom is -0.494 e. The van der Waals surface area contributed by atoms with Crippen molar-refractivity contribution in [3.63, 3.8) is 0 Å². The van der Waals surface area contributed by atoms with Crippen molar-refractivity contribution in [3.8, 4) is 5.75 Å². The van der Waals surface area contributed by atoms with Crippen molar-refractivity contribution < 1.29 is 17.9 Å². The van der Waals surface area contributed by atoms with Crippen LogP contribution in [0.5, 0.6) is 5.75 Å². The van der Waals surface area contributed by atoms with Crippen molar-refractivity contribution in [2.75, 3.05) is 19.0 Å². The van der Waals surface area contributed by atoms with Gasteiger partial charge in [0.05, 0.1) is 17.2 Å². The van der Waals surface area contributed by atoms with Crippen molar-refractivity contribution in [1.29, 1.82) is 0 Å². The molecule has 4 rings (SSSR count). The van der Waals surface area contributed by atoms with E-state index in [9.17, 15) is 13.2 Å². The van der Waals surface area contributed by atoms with Crippen LogP contribution in [-0.4, -0.2) is 32.3 Å². The summed E-state index contributed by atoms with van der Waals surface area (Å²) in [4.78, 5) is 15.4. The third-order valence-electron chi connectivity index (χ3n) is 5.64. The van der Waals surface area contributed by atoms with Crippen LogP contribution in [0.4, 0.5) is 5.69 Å². The molecule has 0 radical (unpaired) electrons. The van der Waals surface area contributed by atoms with E-state index in [1.54, 1.807) is 30.0 Å². The van der Waals surface area contributed by atoms with Crippen LogP contribution in [0.3, 0.4) is 0 Å². The first kappa shape index (κ1) is 27.7. The fourth-order valence-corrected chi connectivity index (χ4v) is 5.92. The number of nitrogens with zero attached hydrogens (tertiary/aromatic N) is 1. The molecule has 0 aliphatic rings. The van der Waals surface area contributed by atoms with E-state index in [-0.39, 0.29) is 17.3 Å². The van der Waals surface area contributed by atoms with Gasteiger partial charge in [-0.15, -0.1) is 0 Å². The molecule has 0 heterocycles. The van der Waals surface area contributed by atoms with Crippen molar-refractivity contribution >= 4 is 45.0 Å². The lowest BCUT2D eigenvalue weighted by molar-refractivity contribution is 0.102. The molecule has 1 amide bonds. The SMILES string of the molecule is CCOc1ccc(C(=O)Nc2ccccc2Sc2ccccc2)cc1CN(C)S(=O)(=O)c1ccc(Cl)cc1. The molecule has 0 aliphatic heterocycles. The predicted octanol–water partition coefficient (Wildman–Crippen LogP) is 6.96. The summed E-state index contributed by atoms with van der Waals surface area (Å²) in [6.45, 7) is 2.26. The molecule has 1 N–H and O–H groups in total. The summed E-state index contributed by atoms with van der Waals surface area (Å²) < 4.78 is 33.2. The molecule has 0 fully saturated rings. The number of hydrogen-bond donors (Lipinski definition) is 1. The van der Waals surface area contributed by atoms with Gasteiger partial charge in [0.1, 0.15) is 5.75 Å². The molecule has 0 bridgehead atoms. The van der Waals surface area contributed by atoms with Gasteiger partial charge in [-0.25, -0.2) is 8.42 Å². The molecule has 0 aromatic heterocycles. The summed E-state index contributed by atoms with van der Waals surface area (Å²) in [6, 6.07) is 28.5. The molecule has 38 heavy (non-hydrogen) atoms. The number of nitrogens with one attached hydrogen (secondary N) is 1. The summed E-state index contributed by atoms with van der Waals surface area (Å²) in [5.41, 5.74) is 1.65. The second-order valence-corrected chi connectivity index (χ2v) is 11.9. The largest absolute Gasteiger partial charge is 0.494 e. The first-order chi connectivity index (χ1) is 18.3. The summed E-state index contributed by atoms with van der Waals surface area (Å²) >= 11 is 7.47. The van der Waals surface area contributed by atoms with Crippen LogP contribution in [0, 0.1) is 0 Å². The number of carbonyl (C=O) groups excluding carboxylic acids is 1. The van der Waals surface area contributed by atoms with Gasteiger partial charge < -0.3 is 10.1 Å². The molecular formula is C29H27ClN2O4S2. The highest BCUT2D eigenvalue weighted by molar-refractivity contribution is 7.99. The summed E-state index contributed by atoms with van der Waals surface area (Å²) in [7, 11) is -2.30. The number of hydrogen-bond acceptors (Lipinski definition) is 5. The van der Waals surface area contributed by atoms with Crippen LogP contribution in [-0.2, 0) is 16.6 Å². The van der Waals surface area contributed by atoms with Crippen LogP contribution in [0.2, 0.25) is 5.02 Å². The van der Waals surface area contributed by atoms with E-state index in [1.807, 2.05) is 61.5 Å². The van der Waals surface area contributed by atoms with Crippen LogP contribution in [0.25, 0.3) is 0 Å². The van der Waals surface area contributed by atoms with E-state index in [2.05, 4.69) is 5.32 Å². The van der Waals surface area contributed by atoms with Gasteiger partial charge in [-0.1, -0.05) is 53.7 Å². The van der Waals surface area contributed by atoms with Gasteiger partial charge in [0.2, 0.25) is 10.0 Å². The maximum atomic E-state index is 13.3. The first-order valence-electron chi connectivity index (χ1n) is 11.9. The fourth-order valence-electron chi connectivity index (χ4n) is 3.72. The van der Waals surface area contributed by atoms with E-state index < -0.39 is 10.0 Å². The highest BCUT2D eigenvalue weighted by Gasteiger charge is 2.23. The van der Waals surface area contributed by atoms with E-state index in [1.165, 1.54) is 35.6 Å². The van der Waals surface area contributed by atoms with Crippen LogP contribution in [0.15, 0.2) is 112 Å². The number of ether oxygens (including phenoxy) is 1. The van der Waals surface area contributed by atoms with Crippen LogP contribution >= 0.6 is 23.4 Å². The number of amides is 1. The van der Waals surface area contributed by atoms with Gasteiger partial charge in [0, 0.05) is 39.5 Å². The van der Waals surface area contributed by atoms with E-state index in [0.717, 1.165) is 9.79 Å². The second-order valence-electron chi connectivity index (χ2n) is 8.34. The fraction of sp³-hybridized carbons (Fsp3) is 0.138. The molecular weight excluding hydrogens is 540 g/mol. The monoisotopic (exact) mass is 566 g/mol. The van der Waals surface area contributed by atoms with Crippen molar-refractivity contribution in [2.45, 2.75) is 28.2 Å². The molecule has 4 aromatic carbocycles. The molecule has 6 nitrogen and oxygen atoms in total. The highest BCUT2D eigenvalue weighted by atomic mass is 35.5. The Hall–Kier alpha value is -3.30. The Balaban J connectivity index is 1.57. The molecule has 0 atom stereocenters. The number of anilines is 1. The zero-order chi connectivity index (χ0) is 27.1. The molecule has 0 unspecified atom stereocenters. The maximum Gasteiger partial charge on any atom is 0.255 e. The van der Waals surface area contributed by atoms with Crippen LogP contribution in [0.1, 0.15) is 22.8 Å². The van der Waals surface area contributed by atoms with Crippen molar-refractivity contribution in [2.24, 2.45) is 0 Å². The second kappa shape index (κ2) is 12.5. The lowest BCUT2D eigenvalue weighted by Crippen LogP contribution is -2.27. The van der Waals surface area contributed by atoms with E-state index in [0.29, 0.717) is 34.2 Å². The average molecular weight is 567 g/mol. The standard InChI is InChI=1S/C29H27ClN2O4S2/c1-3-36-27-18-13-21(19-22(27)20-32(2)38(34,35)25-16-14-23(30)15-17-25)29(33)31-26-11-7-8-12-28(26)37-24-9-5-4-6-10-24/h4-19H,3,20H2,1-2H3,(H,31,33). The smallest absolute Gasteiger partial charge is 0.255 e. The molecule has 4 aromatic rings. The molecule has 0 saturated carbocycles. The third kappa shape index (κ3) is 6.76. The van der Waals surface area contributed by atoms with Gasteiger partial charge >= 0.3 is 0 Å². The first-order valence-corrected chi connectivity index (χ1v) is 14.5. The lowest BCUT2D eigenvalue weighted by atomic mass is 10.1. The Morgan fingerprint density at radius 3 is 2.34 bits per heavy atom. The van der Waals surface area contributed by atoms with Gasteiger partial charge in [-0.05, 0) is 73.7 Å². The molecule has 0 aliphatic carbocycles. The minimum absolute atomic E-state index is 0.0157. The average Bonchev–Trinajstić information content (AvgIpc) is 2.91. The number of benzene rings is 4. The molecule has 9 heteroatoms. The Bertz CT molecular complexity index is 1510. The number of halogens is 1. The normalized spacial score (nSPS) is 11.4. The van der Waals surface area contributed by atoms with Crippen LogP contribution < -0.4 is 10.1 Å². The van der Waals surface area contributed by atoms with Gasteiger partial charge in [-0.2, -0.15) is 4.31 Å². The maximum absolute atomic E-state index is 13.3. The van der Waals surface area contributed by atoms with E-state index >= 15 is 0 Å². The zero-order valence-electron chi connectivity index (χ0n) is 20.9. The Morgan fingerprint density at radius 1 is 0.947 bits per heavy atom. The van der Waals surface area contributed by atoms with Crippen molar-refractivity contribution in [3.05, 3.63) is 113 Å². The number of rotatable bonds is 10. The molecule has 0 saturated heterocycles. The summed E-state index contributed by atoms with van der Waals surface area (Å²) in [6.07, 6.45) is 0. The topological polar surface area (TPSA) is 75.7 Å². The van der Waals surface area contributed by atoms with E-state index in [4.69, 9.17) is 16.3 Å². The number of para-hydroxylation sites is 1. The summed E-state index contributed by atoms with van der Waals surface area (Å²) in [5, 5.41) is 3.45. The predicted molar refractivity (Wildman–Crippen MR) is 153 cm³/mol. The van der Waals surface area contributed by atoms with Gasteiger partial charge in [0.15, 0.2) is 0 Å². The highest BCUT2D eigenvalue weighted by Crippen LogP contribution is 2.33. The minimum atomic E-state index is -3.79. The van der Waals surface area contributed by atoms with Gasteiger partial charge in [-0.3, -0.25) is 4.79 Å². The molecule has 196 valence electrons. The Labute approximate surface area is 232 Å². The quantitative estimate of drug-likeness (QED) is 0.224. The zero-order valence-corrected chi connectivity index (χ0v) is 23.3. The Morgan fingerprint density at radius 2 is 1.63 bits per heavy atom. The lowest BCUT2D eigenvalue weighted by Gasteiger charge is -2.20. The summed E-state index contributed by atoms with van der Waals surface area (Å²) in [5.74, 6) is 0.209. The Kier molecular flexibility index (Phi) is 9.12.